The van der Waals surface area contributed by atoms with E-state index in [2.05, 4.69) is 37.1 Å². The first-order chi connectivity index (χ1) is 9.52. The molecule has 0 spiro atoms. The van der Waals surface area contributed by atoms with Crippen molar-refractivity contribution in [2.75, 3.05) is 5.32 Å². The number of hydrogen-bond acceptors (Lipinski definition) is 4. The summed E-state index contributed by atoms with van der Waals surface area (Å²) in [6.07, 6.45) is 0. The lowest BCUT2D eigenvalue weighted by atomic mass is 10.1. The Bertz CT molecular complexity index is 760. The van der Waals surface area contributed by atoms with Gasteiger partial charge in [-0.3, -0.25) is 0 Å². The summed E-state index contributed by atoms with van der Waals surface area (Å²) in [5.41, 5.74) is 2.34. The highest BCUT2D eigenvalue weighted by molar-refractivity contribution is 7.22. The molecule has 2 heterocycles. The maximum atomic E-state index is 6.01. The van der Waals surface area contributed by atoms with Crippen molar-refractivity contribution in [1.82, 2.24) is 4.98 Å². The number of nitrogens with zero attached hydrogens (tertiary/aromatic N) is 1. The van der Waals surface area contributed by atoms with Crippen molar-refractivity contribution in [2.45, 2.75) is 26.8 Å². The third kappa shape index (κ3) is 2.68. The summed E-state index contributed by atoms with van der Waals surface area (Å²) in [5.74, 6) is 0. The number of hydrogen-bond donors (Lipinski definition) is 1. The zero-order chi connectivity index (χ0) is 14.3. The average molecular weight is 323 g/mol. The molecule has 0 aliphatic rings. The van der Waals surface area contributed by atoms with Gasteiger partial charge in [-0.15, -0.1) is 11.3 Å². The summed E-state index contributed by atoms with van der Waals surface area (Å²) in [4.78, 5) is 7.32. The summed E-state index contributed by atoms with van der Waals surface area (Å²) < 4.78 is 1.12. The molecule has 5 heteroatoms. The minimum absolute atomic E-state index is 0.260. The fourth-order valence-corrected chi connectivity index (χ4v) is 4.55. The van der Waals surface area contributed by atoms with Crippen molar-refractivity contribution in [3.63, 3.8) is 0 Å². The van der Waals surface area contributed by atoms with Crippen LogP contribution in [0.4, 0.5) is 5.13 Å². The second-order valence-electron chi connectivity index (χ2n) is 4.87. The van der Waals surface area contributed by atoms with E-state index in [9.17, 15) is 0 Å². The second-order valence-corrected chi connectivity index (χ2v) is 7.79. The van der Waals surface area contributed by atoms with Crippen LogP contribution in [0.3, 0.4) is 0 Å². The summed E-state index contributed by atoms with van der Waals surface area (Å²) in [7, 11) is 0. The number of rotatable bonds is 3. The van der Waals surface area contributed by atoms with Crippen molar-refractivity contribution >= 4 is 49.6 Å². The van der Waals surface area contributed by atoms with Gasteiger partial charge in [0.1, 0.15) is 0 Å². The van der Waals surface area contributed by atoms with Crippen LogP contribution in [0.25, 0.3) is 10.2 Å². The van der Waals surface area contributed by atoms with E-state index < -0.39 is 0 Å². The van der Waals surface area contributed by atoms with Gasteiger partial charge in [0.05, 0.1) is 16.3 Å². The maximum Gasteiger partial charge on any atom is 0.184 e. The summed E-state index contributed by atoms with van der Waals surface area (Å²) in [5, 5.41) is 5.19. The average Bonchev–Trinajstić information content (AvgIpc) is 2.91. The van der Waals surface area contributed by atoms with Crippen molar-refractivity contribution in [1.29, 1.82) is 0 Å². The van der Waals surface area contributed by atoms with E-state index in [-0.39, 0.29) is 6.04 Å². The van der Waals surface area contributed by atoms with Crippen LogP contribution in [0.5, 0.6) is 0 Å². The number of nitrogens with one attached hydrogen (secondary N) is 1. The van der Waals surface area contributed by atoms with Gasteiger partial charge < -0.3 is 5.32 Å². The number of thiophene rings is 1. The van der Waals surface area contributed by atoms with Crippen molar-refractivity contribution in [3.8, 4) is 0 Å². The normalized spacial score (nSPS) is 12.8. The molecule has 3 rings (SSSR count). The lowest BCUT2D eigenvalue weighted by molar-refractivity contribution is 0.879. The van der Waals surface area contributed by atoms with Gasteiger partial charge in [-0.2, -0.15) is 0 Å². The van der Waals surface area contributed by atoms with Crippen LogP contribution in [0.15, 0.2) is 24.3 Å². The highest BCUT2D eigenvalue weighted by Crippen LogP contribution is 2.32. The Hall–Kier alpha value is -1.10. The zero-order valence-electron chi connectivity index (χ0n) is 11.5. The Morgan fingerprint density at radius 3 is 2.70 bits per heavy atom. The molecule has 0 bridgehead atoms. The standard InChI is InChI=1S/C15H15ClN2S2/c1-8-6-12(10(3)19-8)9(2)17-15-18-13-5-4-11(16)7-14(13)20-15/h4-7,9H,1-3H3,(H,17,18). The second kappa shape index (κ2) is 5.35. The van der Waals surface area contributed by atoms with E-state index in [1.807, 2.05) is 29.5 Å². The smallest absolute Gasteiger partial charge is 0.184 e. The monoisotopic (exact) mass is 322 g/mol. The van der Waals surface area contributed by atoms with Gasteiger partial charge in [-0.05, 0) is 50.6 Å². The summed E-state index contributed by atoms with van der Waals surface area (Å²) in [6, 6.07) is 8.32. The lowest BCUT2D eigenvalue weighted by Crippen LogP contribution is -2.06. The van der Waals surface area contributed by atoms with Gasteiger partial charge in [0.2, 0.25) is 0 Å². The van der Waals surface area contributed by atoms with Crippen molar-refractivity contribution < 1.29 is 0 Å². The molecule has 0 radical (unpaired) electrons. The van der Waals surface area contributed by atoms with Crippen molar-refractivity contribution in [3.05, 3.63) is 44.6 Å². The van der Waals surface area contributed by atoms with Crippen LogP contribution < -0.4 is 5.32 Å². The van der Waals surface area contributed by atoms with E-state index in [0.717, 1.165) is 20.4 Å². The number of anilines is 1. The van der Waals surface area contributed by atoms with Crippen LogP contribution in [-0.2, 0) is 0 Å². The number of benzene rings is 1. The molecule has 0 saturated heterocycles. The van der Waals surface area contributed by atoms with Gasteiger partial charge in [0.15, 0.2) is 5.13 Å². The molecule has 3 aromatic rings. The third-order valence-corrected chi connectivity index (χ3v) is 5.40. The topological polar surface area (TPSA) is 24.9 Å². The van der Waals surface area contributed by atoms with Crippen LogP contribution in [0, 0.1) is 13.8 Å². The number of thiazole rings is 1. The molecule has 0 amide bonds. The first-order valence-electron chi connectivity index (χ1n) is 6.42. The van der Waals surface area contributed by atoms with Crippen LogP contribution in [0.1, 0.15) is 28.3 Å². The molecule has 1 N–H and O–H groups in total. The minimum Gasteiger partial charge on any atom is -0.355 e. The van der Waals surface area contributed by atoms with E-state index in [1.165, 1.54) is 15.3 Å². The quantitative estimate of drug-likeness (QED) is 0.659. The molecule has 1 unspecified atom stereocenters. The molecule has 20 heavy (non-hydrogen) atoms. The van der Waals surface area contributed by atoms with Crippen LogP contribution in [-0.4, -0.2) is 4.98 Å². The molecule has 1 atom stereocenters. The molecule has 104 valence electrons. The Kier molecular flexibility index (Phi) is 3.71. The van der Waals surface area contributed by atoms with Gasteiger partial charge in [0.25, 0.3) is 0 Å². The Morgan fingerprint density at radius 1 is 1.20 bits per heavy atom. The minimum atomic E-state index is 0.260. The van der Waals surface area contributed by atoms with Crippen molar-refractivity contribution in [2.24, 2.45) is 0 Å². The first kappa shape index (κ1) is 13.9. The number of aryl methyl sites for hydroxylation is 2. The number of halogens is 1. The fourth-order valence-electron chi connectivity index (χ4n) is 2.30. The van der Waals surface area contributed by atoms with Crippen LogP contribution in [0.2, 0.25) is 5.02 Å². The molecule has 0 aliphatic heterocycles. The molecular weight excluding hydrogens is 308 g/mol. The maximum absolute atomic E-state index is 6.01. The third-order valence-electron chi connectivity index (χ3n) is 3.24. The fraction of sp³-hybridized carbons (Fsp3) is 0.267. The van der Waals surface area contributed by atoms with E-state index in [1.54, 1.807) is 11.3 Å². The molecule has 0 aliphatic carbocycles. The van der Waals surface area contributed by atoms with E-state index in [0.29, 0.717) is 0 Å². The highest BCUT2D eigenvalue weighted by Gasteiger charge is 2.13. The predicted molar refractivity (Wildman–Crippen MR) is 90.5 cm³/mol. The van der Waals surface area contributed by atoms with E-state index in [4.69, 9.17) is 11.6 Å². The number of aromatic nitrogens is 1. The van der Waals surface area contributed by atoms with Gasteiger partial charge in [-0.1, -0.05) is 22.9 Å². The molecular formula is C15H15ClN2S2. The predicted octanol–water partition coefficient (Wildman–Crippen LogP) is 5.80. The van der Waals surface area contributed by atoms with Crippen LogP contribution >= 0.6 is 34.3 Å². The molecule has 2 nitrogen and oxygen atoms in total. The summed E-state index contributed by atoms with van der Waals surface area (Å²) in [6.45, 7) is 6.49. The van der Waals surface area contributed by atoms with Gasteiger partial charge >= 0.3 is 0 Å². The zero-order valence-corrected chi connectivity index (χ0v) is 13.9. The van der Waals surface area contributed by atoms with E-state index >= 15 is 0 Å². The van der Waals surface area contributed by atoms with Gasteiger partial charge in [-0.25, -0.2) is 4.98 Å². The lowest BCUT2D eigenvalue weighted by Gasteiger charge is -2.12. The Balaban J connectivity index is 1.87. The number of fused-ring (bicyclic) bond motifs is 1. The van der Waals surface area contributed by atoms with Gasteiger partial charge in [0, 0.05) is 14.8 Å². The highest BCUT2D eigenvalue weighted by atomic mass is 35.5. The largest absolute Gasteiger partial charge is 0.355 e. The SMILES string of the molecule is Cc1cc(C(C)Nc2nc3ccc(Cl)cc3s2)c(C)s1. The molecule has 0 saturated carbocycles. The molecule has 1 aromatic carbocycles. The first-order valence-corrected chi connectivity index (χ1v) is 8.43. The molecule has 0 fully saturated rings. The Morgan fingerprint density at radius 2 is 2.00 bits per heavy atom. The Labute approximate surface area is 131 Å². The summed E-state index contributed by atoms with van der Waals surface area (Å²) >= 11 is 9.50. The molecule has 2 aromatic heterocycles.